The van der Waals surface area contributed by atoms with E-state index in [-0.39, 0.29) is 5.82 Å². The first-order valence-electron chi connectivity index (χ1n) is 7.36. The number of hydrogen-bond donors (Lipinski definition) is 2. The minimum Gasteiger partial charge on any atom is -0.361 e. The van der Waals surface area contributed by atoms with Gasteiger partial charge in [-0.1, -0.05) is 23.4 Å². The van der Waals surface area contributed by atoms with Crippen molar-refractivity contribution in [3.05, 3.63) is 53.3 Å². The average Bonchev–Trinajstić information content (AvgIpc) is 2.51. The molecular weight excluding hydrogens is 365 g/mol. The summed E-state index contributed by atoms with van der Waals surface area (Å²) in [6, 6.07) is 11.9. The molecule has 0 atom stereocenters. The van der Waals surface area contributed by atoms with Crippen LogP contribution in [-0.4, -0.2) is 37.2 Å². The second-order valence-corrected chi connectivity index (χ2v) is 7.34. The highest BCUT2D eigenvalue weighted by atomic mass is 35.5. The molecule has 0 spiro atoms. The fourth-order valence-electron chi connectivity index (χ4n) is 1.88. The van der Waals surface area contributed by atoms with Crippen LogP contribution in [0.3, 0.4) is 0 Å². The van der Waals surface area contributed by atoms with Crippen molar-refractivity contribution in [1.29, 1.82) is 0 Å². The van der Waals surface area contributed by atoms with E-state index in [4.69, 9.17) is 23.8 Å². The molecule has 0 fully saturated rings. The fourth-order valence-corrected chi connectivity index (χ4v) is 3.14. The van der Waals surface area contributed by atoms with Crippen molar-refractivity contribution in [3.8, 4) is 0 Å². The van der Waals surface area contributed by atoms with E-state index >= 15 is 0 Å². The Morgan fingerprint density at radius 3 is 2.58 bits per heavy atom. The Hall–Kier alpha value is -1.34. The van der Waals surface area contributed by atoms with Gasteiger partial charge in [-0.05, 0) is 68.8 Å². The second-order valence-electron chi connectivity index (χ2n) is 5.38. The summed E-state index contributed by atoms with van der Waals surface area (Å²) in [5, 5.41) is 7.50. The summed E-state index contributed by atoms with van der Waals surface area (Å²) in [4.78, 5) is 3.97. The molecule has 24 heavy (non-hydrogen) atoms. The minimum absolute atomic E-state index is 0.250. The van der Waals surface area contributed by atoms with Gasteiger partial charge < -0.3 is 15.5 Å². The first kappa shape index (κ1) is 19.0. The highest BCUT2D eigenvalue weighted by Gasteiger charge is 2.08. The zero-order valence-electron chi connectivity index (χ0n) is 13.5. The van der Waals surface area contributed by atoms with E-state index in [1.807, 2.05) is 32.3 Å². The quantitative estimate of drug-likeness (QED) is 0.717. The van der Waals surface area contributed by atoms with Crippen LogP contribution in [0.5, 0.6) is 0 Å². The molecule has 2 aromatic carbocycles. The minimum atomic E-state index is -0.250. The van der Waals surface area contributed by atoms with Crippen LogP contribution in [0.25, 0.3) is 0 Å². The number of rotatable bonds is 6. The summed E-state index contributed by atoms with van der Waals surface area (Å²) in [6.07, 6.45) is 0. The van der Waals surface area contributed by atoms with Crippen molar-refractivity contribution in [3.63, 3.8) is 0 Å². The van der Waals surface area contributed by atoms with Gasteiger partial charge in [-0.15, -0.1) is 0 Å². The first-order chi connectivity index (χ1) is 11.4. The Balaban J connectivity index is 2.06. The Kier molecular flexibility index (Phi) is 7.30. The van der Waals surface area contributed by atoms with Crippen LogP contribution in [-0.2, 0) is 0 Å². The Bertz CT molecular complexity index is 693. The van der Waals surface area contributed by atoms with Crippen molar-refractivity contribution in [2.75, 3.05) is 32.5 Å². The molecule has 0 aliphatic heterocycles. The number of halogens is 2. The molecular formula is C17H19ClFN3S2. The molecule has 2 rings (SSSR count). The molecule has 7 heteroatoms. The van der Waals surface area contributed by atoms with E-state index in [0.29, 0.717) is 10.1 Å². The van der Waals surface area contributed by atoms with Crippen LogP contribution in [0.1, 0.15) is 0 Å². The maximum atomic E-state index is 13.0. The van der Waals surface area contributed by atoms with Crippen LogP contribution < -0.4 is 10.6 Å². The van der Waals surface area contributed by atoms with Gasteiger partial charge in [0, 0.05) is 27.9 Å². The number of nitrogens with one attached hydrogen (secondary N) is 2. The lowest BCUT2D eigenvalue weighted by molar-refractivity contribution is 0.413. The summed E-state index contributed by atoms with van der Waals surface area (Å²) in [5.74, 6) is -0.250. The van der Waals surface area contributed by atoms with E-state index in [0.717, 1.165) is 28.6 Å². The number of anilines is 1. The van der Waals surface area contributed by atoms with Crippen molar-refractivity contribution in [1.82, 2.24) is 10.2 Å². The molecule has 0 amide bonds. The van der Waals surface area contributed by atoms with Crippen LogP contribution in [0.2, 0.25) is 5.02 Å². The molecule has 0 aliphatic rings. The zero-order valence-corrected chi connectivity index (χ0v) is 15.9. The summed E-state index contributed by atoms with van der Waals surface area (Å²) in [5.41, 5.74) is 0.819. The van der Waals surface area contributed by atoms with Crippen molar-refractivity contribution < 1.29 is 4.39 Å². The predicted octanol–water partition coefficient (Wildman–Crippen LogP) is 4.48. The third-order valence-electron chi connectivity index (χ3n) is 3.08. The number of thiocarbonyl (C=S) groups is 1. The largest absolute Gasteiger partial charge is 0.361 e. The van der Waals surface area contributed by atoms with Crippen LogP contribution >= 0.6 is 35.6 Å². The molecule has 0 saturated carbocycles. The van der Waals surface area contributed by atoms with Crippen molar-refractivity contribution in [2.45, 2.75) is 9.79 Å². The zero-order chi connectivity index (χ0) is 17.5. The SMILES string of the molecule is CN(C)CCNC(=S)Nc1cc(Cl)ccc1Sc1ccc(F)cc1. The van der Waals surface area contributed by atoms with Crippen molar-refractivity contribution in [2.24, 2.45) is 0 Å². The van der Waals surface area contributed by atoms with Gasteiger partial charge in [0.15, 0.2) is 5.11 Å². The van der Waals surface area contributed by atoms with E-state index in [9.17, 15) is 4.39 Å². The molecule has 2 N–H and O–H groups in total. The fraction of sp³-hybridized carbons (Fsp3) is 0.235. The van der Waals surface area contributed by atoms with Crippen LogP contribution in [0, 0.1) is 5.82 Å². The smallest absolute Gasteiger partial charge is 0.170 e. The summed E-state index contributed by atoms with van der Waals surface area (Å²) in [6.45, 7) is 1.63. The topological polar surface area (TPSA) is 27.3 Å². The molecule has 0 bridgehead atoms. The third kappa shape index (κ3) is 6.28. The monoisotopic (exact) mass is 383 g/mol. The van der Waals surface area contributed by atoms with Gasteiger partial charge in [0.05, 0.1) is 5.69 Å². The standard InChI is InChI=1S/C17H19ClFN3S2/c1-22(2)10-9-20-17(23)21-15-11-12(18)3-8-16(15)24-14-6-4-13(19)5-7-14/h3-8,11H,9-10H2,1-2H3,(H2,20,21,23). The van der Waals surface area contributed by atoms with Gasteiger partial charge in [-0.2, -0.15) is 0 Å². The second kappa shape index (κ2) is 9.22. The van der Waals surface area contributed by atoms with Gasteiger partial charge in [0.1, 0.15) is 5.82 Å². The van der Waals surface area contributed by atoms with E-state index < -0.39 is 0 Å². The van der Waals surface area contributed by atoms with Gasteiger partial charge in [-0.3, -0.25) is 0 Å². The number of likely N-dealkylation sites (N-methyl/N-ethyl adjacent to an activating group) is 1. The molecule has 0 saturated heterocycles. The lowest BCUT2D eigenvalue weighted by Crippen LogP contribution is -2.34. The molecule has 3 nitrogen and oxygen atoms in total. The van der Waals surface area contributed by atoms with Crippen molar-refractivity contribution >= 4 is 46.4 Å². The van der Waals surface area contributed by atoms with E-state index in [1.54, 1.807) is 12.1 Å². The van der Waals surface area contributed by atoms with Gasteiger partial charge in [0.25, 0.3) is 0 Å². The highest BCUT2D eigenvalue weighted by molar-refractivity contribution is 7.99. The maximum absolute atomic E-state index is 13.0. The molecule has 0 heterocycles. The van der Waals surface area contributed by atoms with Crippen LogP contribution in [0.4, 0.5) is 10.1 Å². The third-order valence-corrected chi connectivity index (χ3v) is 4.64. The maximum Gasteiger partial charge on any atom is 0.170 e. The molecule has 0 aromatic heterocycles. The number of nitrogens with zero attached hydrogens (tertiary/aromatic N) is 1. The van der Waals surface area contributed by atoms with E-state index in [1.165, 1.54) is 23.9 Å². The number of hydrogen-bond acceptors (Lipinski definition) is 3. The first-order valence-corrected chi connectivity index (χ1v) is 8.97. The predicted molar refractivity (Wildman–Crippen MR) is 105 cm³/mol. The normalized spacial score (nSPS) is 10.7. The molecule has 128 valence electrons. The van der Waals surface area contributed by atoms with E-state index in [2.05, 4.69) is 15.5 Å². The summed E-state index contributed by atoms with van der Waals surface area (Å²) < 4.78 is 13.0. The molecule has 0 aliphatic carbocycles. The molecule has 2 aromatic rings. The summed E-state index contributed by atoms with van der Waals surface area (Å²) in [7, 11) is 4.01. The number of benzene rings is 2. The lowest BCUT2D eigenvalue weighted by atomic mass is 10.3. The Morgan fingerprint density at radius 1 is 1.21 bits per heavy atom. The Labute approximate surface area is 156 Å². The average molecular weight is 384 g/mol. The van der Waals surface area contributed by atoms with Gasteiger partial charge in [0.2, 0.25) is 0 Å². The molecule has 0 radical (unpaired) electrons. The highest BCUT2D eigenvalue weighted by Crippen LogP contribution is 2.35. The lowest BCUT2D eigenvalue weighted by Gasteiger charge is -2.16. The van der Waals surface area contributed by atoms with Crippen LogP contribution in [0.15, 0.2) is 52.3 Å². The summed E-state index contributed by atoms with van der Waals surface area (Å²) >= 11 is 12.9. The molecule has 0 unspecified atom stereocenters. The van der Waals surface area contributed by atoms with Gasteiger partial charge in [-0.25, -0.2) is 4.39 Å². The Morgan fingerprint density at radius 2 is 1.92 bits per heavy atom. The van der Waals surface area contributed by atoms with Gasteiger partial charge >= 0.3 is 0 Å².